The molecule has 0 atom stereocenters. The average molecular weight is 385 g/mol. The van der Waals surface area contributed by atoms with E-state index in [4.69, 9.17) is 0 Å². The van der Waals surface area contributed by atoms with Gasteiger partial charge in [0.1, 0.15) is 10.0 Å². The number of carbonyl (C=O) groups is 2. The summed E-state index contributed by atoms with van der Waals surface area (Å²) in [5.74, 6) is -1.70. The fourth-order valence-electron chi connectivity index (χ4n) is 1.94. The van der Waals surface area contributed by atoms with Crippen molar-refractivity contribution in [1.29, 1.82) is 0 Å². The summed E-state index contributed by atoms with van der Waals surface area (Å²) < 4.78 is 39.2. The summed E-state index contributed by atoms with van der Waals surface area (Å²) in [6, 6.07) is 6.71. The van der Waals surface area contributed by atoms with Gasteiger partial charge in [-0.05, 0) is 29.6 Å². The first-order valence-electron chi connectivity index (χ1n) is 7.07. The van der Waals surface area contributed by atoms with E-state index >= 15 is 0 Å². The van der Waals surface area contributed by atoms with Crippen LogP contribution in [0.2, 0.25) is 0 Å². The van der Waals surface area contributed by atoms with E-state index in [2.05, 4.69) is 10.6 Å². The Morgan fingerprint density at radius 3 is 2.56 bits per heavy atom. The normalized spacial score (nSPS) is 11.4. The molecule has 0 unspecified atom stereocenters. The fourth-order valence-corrected chi connectivity index (χ4v) is 4.27. The highest BCUT2D eigenvalue weighted by molar-refractivity contribution is 7.91. The van der Waals surface area contributed by atoms with Crippen molar-refractivity contribution in [1.82, 2.24) is 4.31 Å². The Labute approximate surface area is 148 Å². The molecular weight excluding hydrogens is 369 g/mol. The molecule has 0 saturated carbocycles. The van der Waals surface area contributed by atoms with Crippen LogP contribution < -0.4 is 10.6 Å². The third-order valence-corrected chi connectivity index (χ3v) is 6.26. The average Bonchev–Trinajstić information content (AvgIpc) is 3.05. The number of benzene rings is 1. The van der Waals surface area contributed by atoms with Gasteiger partial charge < -0.3 is 10.6 Å². The number of nitrogens with zero attached hydrogens (tertiary/aromatic N) is 1. The van der Waals surface area contributed by atoms with Crippen molar-refractivity contribution in [2.45, 2.75) is 11.1 Å². The Morgan fingerprint density at radius 1 is 1.24 bits per heavy atom. The number of sulfonamides is 1. The van der Waals surface area contributed by atoms with Crippen LogP contribution in [0.5, 0.6) is 0 Å². The zero-order valence-corrected chi connectivity index (χ0v) is 15.1. The number of hydrogen-bond donors (Lipinski definition) is 2. The highest BCUT2D eigenvalue weighted by Gasteiger charge is 2.23. The minimum Gasteiger partial charge on any atom is -0.325 e. The maximum Gasteiger partial charge on any atom is 0.252 e. The Bertz CT molecular complexity index is 882. The number of halogens is 1. The molecular formula is C15H16FN3O4S2. The summed E-state index contributed by atoms with van der Waals surface area (Å²) in [5, 5.41) is 6.40. The first kappa shape index (κ1) is 19.0. The third kappa shape index (κ3) is 4.84. The predicted octanol–water partition coefficient (Wildman–Crippen LogP) is 2.10. The van der Waals surface area contributed by atoms with Crippen molar-refractivity contribution < 1.29 is 22.4 Å². The summed E-state index contributed by atoms with van der Waals surface area (Å²) in [4.78, 5) is 23.1. The molecule has 0 fully saturated rings. The van der Waals surface area contributed by atoms with E-state index in [9.17, 15) is 22.4 Å². The van der Waals surface area contributed by atoms with Gasteiger partial charge in [0, 0.05) is 19.7 Å². The van der Waals surface area contributed by atoms with E-state index in [1.165, 1.54) is 32.2 Å². The van der Waals surface area contributed by atoms with Crippen LogP contribution in [0.25, 0.3) is 0 Å². The van der Waals surface area contributed by atoms with Crippen LogP contribution in [0.1, 0.15) is 6.92 Å². The standard InChI is InChI=1S/C15H16FN3O4S2/c1-10(20)17-13-8-11(5-6-12(13)16)18-14(21)9-19(2)25(22,23)15-4-3-7-24-15/h3-8H,9H2,1-2H3,(H,17,20)(H,18,21). The van der Waals surface area contributed by atoms with Gasteiger partial charge in [0.2, 0.25) is 11.8 Å². The van der Waals surface area contributed by atoms with E-state index < -0.39 is 34.2 Å². The van der Waals surface area contributed by atoms with Crippen molar-refractivity contribution in [3.63, 3.8) is 0 Å². The van der Waals surface area contributed by atoms with Gasteiger partial charge in [0.05, 0.1) is 12.2 Å². The SMILES string of the molecule is CC(=O)Nc1cc(NC(=O)CN(C)S(=O)(=O)c2cccs2)ccc1F. The van der Waals surface area contributed by atoms with E-state index in [0.29, 0.717) is 0 Å². The van der Waals surface area contributed by atoms with Gasteiger partial charge >= 0.3 is 0 Å². The molecule has 134 valence electrons. The summed E-state index contributed by atoms with van der Waals surface area (Å²) in [5.41, 5.74) is 0.155. The molecule has 7 nitrogen and oxygen atoms in total. The van der Waals surface area contributed by atoms with E-state index in [1.54, 1.807) is 11.4 Å². The molecule has 0 aliphatic rings. The molecule has 2 N–H and O–H groups in total. The van der Waals surface area contributed by atoms with Crippen LogP contribution in [0, 0.1) is 5.82 Å². The highest BCUT2D eigenvalue weighted by Crippen LogP contribution is 2.21. The Morgan fingerprint density at radius 2 is 1.96 bits per heavy atom. The second kappa shape index (κ2) is 7.72. The number of amides is 2. The monoisotopic (exact) mass is 385 g/mol. The van der Waals surface area contributed by atoms with Crippen molar-refractivity contribution in [2.24, 2.45) is 0 Å². The van der Waals surface area contributed by atoms with Crippen LogP contribution >= 0.6 is 11.3 Å². The first-order chi connectivity index (χ1) is 11.7. The van der Waals surface area contributed by atoms with Crippen molar-refractivity contribution in [3.05, 3.63) is 41.5 Å². The van der Waals surface area contributed by atoms with Gasteiger partial charge in [-0.15, -0.1) is 11.3 Å². The second-order valence-electron chi connectivity index (χ2n) is 5.12. The maximum absolute atomic E-state index is 13.6. The number of rotatable bonds is 6. The van der Waals surface area contributed by atoms with Gasteiger partial charge in [-0.3, -0.25) is 9.59 Å². The Balaban J connectivity index is 2.06. The van der Waals surface area contributed by atoms with Gasteiger partial charge in [0.15, 0.2) is 0 Å². The van der Waals surface area contributed by atoms with Crippen molar-refractivity contribution >= 4 is 44.5 Å². The van der Waals surface area contributed by atoms with Crippen molar-refractivity contribution in [2.75, 3.05) is 24.2 Å². The molecule has 0 saturated heterocycles. The number of thiophene rings is 1. The predicted molar refractivity (Wildman–Crippen MR) is 93.5 cm³/mol. The van der Waals surface area contributed by atoms with Crippen LogP contribution in [0.15, 0.2) is 39.9 Å². The number of hydrogen-bond acceptors (Lipinski definition) is 5. The molecule has 25 heavy (non-hydrogen) atoms. The largest absolute Gasteiger partial charge is 0.325 e. The summed E-state index contributed by atoms with van der Waals surface area (Å²) in [6.45, 7) is 0.822. The number of likely N-dealkylation sites (N-methyl/N-ethyl adjacent to an activating group) is 1. The lowest BCUT2D eigenvalue weighted by Crippen LogP contribution is -2.34. The summed E-state index contributed by atoms with van der Waals surface area (Å²) >= 11 is 1.06. The second-order valence-corrected chi connectivity index (χ2v) is 8.34. The molecule has 0 aliphatic heterocycles. The molecule has 0 radical (unpaired) electrons. The van der Waals surface area contributed by atoms with Crippen LogP contribution in [0.3, 0.4) is 0 Å². The van der Waals surface area contributed by atoms with E-state index in [-0.39, 0.29) is 15.6 Å². The van der Waals surface area contributed by atoms with Crippen LogP contribution in [0.4, 0.5) is 15.8 Å². The van der Waals surface area contributed by atoms with Gasteiger partial charge in [-0.2, -0.15) is 4.31 Å². The lowest BCUT2D eigenvalue weighted by molar-refractivity contribution is -0.116. The topological polar surface area (TPSA) is 95.6 Å². The molecule has 0 aliphatic carbocycles. The summed E-state index contributed by atoms with van der Waals surface area (Å²) in [7, 11) is -2.45. The molecule has 1 heterocycles. The zero-order chi connectivity index (χ0) is 18.6. The van der Waals surface area contributed by atoms with Crippen molar-refractivity contribution in [3.8, 4) is 0 Å². The highest BCUT2D eigenvalue weighted by atomic mass is 32.2. The Hall–Kier alpha value is -2.30. The quantitative estimate of drug-likeness (QED) is 0.796. The summed E-state index contributed by atoms with van der Waals surface area (Å²) in [6.07, 6.45) is 0. The maximum atomic E-state index is 13.6. The molecule has 10 heteroatoms. The minimum atomic E-state index is -3.74. The van der Waals surface area contributed by atoms with Gasteiger partial charge in [-0.1, -0.05) is 6.07 Å². The zero-order valence-electron chi connectivity index (χ0n) is 13.4. The van der Waals surface area contributed by atoms with Crippen LogP contribution in [-0.4, -0.2) is 38.1 Å². The first-order valence-corrected chi connectivity index (χ1v) is 9.39. The van der Waals surface area contributed by atoms with Gasteiger partial charge in [-0.25, -0.2) is 12.8 Å². The lowest BCUT2D eigenvalue weighted by Gasteiger charge is -2.16. The molecule has 2 rings (SSSR count). The fraction of sp³-hybridized carbons (Fsp3) is 0.200. The third-order valence-electron chi connectivity index (χ3n) is 3.09. The van der Waals surface area contributed by atoms with Crippen LogP contribution in [-0.2, 0) is 19.6 Å². The lowest BCUT2D eigenvalue weighted by atomic mass is 10.2. The Kier molecular flexibility index (Phi) is 5.88. The number of carbonyl (C=O) groups excluding carboxylic acids is 2. The smallest absolute Gasteiger partial charge is 0.252 e. The van der Waals surface area contributed by atoms with E-state index in [1.807, 2.05) is 0 Å². The molecule has 1 aromatic carbocycles. The minimum absolute atomic E-state index is 0.0788. The van der Waals surface area contributed by atoms with Gasteiger partial charge in [0.25, 0.3) is 10.0 Å². The number of anilines is 2. The molecule has 2 amide bonds. The van der Waals surface area contributed by atoms with E-state index in [0.717, 1.165) is 21.7 Å². The molecule has 0 bridgehead atoms. The molecule has 2 aromatic rings. The number of nitrogens with one attached hydrogen (secondary N) is 2. The molecule has 1 aromatic heterocycles. The molecule has 0 spiro atoms.